The lowest BCUT2D eigenvalue weighted by molar-refractivity contribution is -0.385. The Bertz CT molecular complexity index is 944. The minimum absolute atomic E-state index is 0.0461. The summed E-state index contributed by atoms with van der Waals surface area (Å²) in [6, 6.07) is 5.28. The average Bonchev–Trinajstić information content (AvgIpc) is 2.83. The third-order valence-corrected chi connectivity index (χ3v) is 6.77. The lowest BCUT2D eigenvalue weighted by atomic mass is 10.1. The number of benzene rings is 1. The van der Waals surface area contributed by atoms with E-state index in [2.05, 4.69) is 26.2 Å². The van der Waals surface area contributed by atoms with Gasteiger partial charge in [-0.05, 0) is 46.5 Å². The van der Waals surface area contributed by atoms with E-state index in [0.717, 1.165) is 11.1 Å². The van der Waals surface area contributed by atoms with Gasteiger partial charge in [0.1, 0.15) is 12.0 Å². The zero-order valence-electron chi connectivity index (χ0n) is 12.7. The van der Waals surface area contributed by atoms with Crippen molar-refractivity contribution in [2.75, 3.05) is 11.1 Å². The first-order valence-electron chi connectivity index (χ1n) is 7.17. The van der Waals surface area contributed by atoms with Crippen molar-refractivity contribution in [2.45, 2.75) is 24.8 Å². The first kappa shape index (κ1) is 16.8. The van der Waals surface area contributed by atoms with Gasteiger partial charge in [0.05, 0.1) is 20.0 Å². The van der Waals surface area contributed by atoms with Crippen LogP contribution in [0.2, 0.25) is 0 Å². The van der Waals surface area contributed by atoms with Crippen LogP contribution in [0.1, 0.15) is 16.7 Å². The summed E-state index contributed by atoms with van der Waals surface area (Å²) in [5, 5.41) is 14.0. The molecule has 0 saturated heterocycles. The van der Waals surface area contributed by atoms with Crippen molar-refractivity contribution in [1.29, 1.82) is 0 Å². The van der Waals surface area contributed by atoms with Crippen molar-refractivity contribution in [3.63, 3.8) is 0 Å². The summed E-state index contributed by atoms with van der Waals surface area (Å²) in [6.45, 7) is 2.09. The number of halogens is 1. The SMILES string of the molecule is Cc1c([N+](=O)[O-])cnc(NCc2ccc3c(c2)CCS3(=O)=O)c1Br. The van der Waals surface area contributed by atoms with E-state index in [1.807, 2.05) is 6.07 Å². The molecule has 0 unspecified atom stereocenters. The Balaban J connectivity index is 1.80. The molecule has 1 aromatic carbocycles. The van der Waals surface area contributed by atoms with Crippen molar-refractivity contribution < 1.29 is 13.3 Å². The second kappa shape index (κ2) is 6.14. The molecule has 0 aliphatic carbocycles. The third-order valence-electron chi connectivity index (χ3n) is 3.99. The molecule has 0 atom stereocenters. The quantitative estimate of drug-likeness (QED) is 0.612. The fourth-order valence-electron chi connectivity index (χ4n) is 2.66. The number of aryl methyl sites for hydroxylation is 1. The molecule has 1 N–H and O–H groups in total. The Morgan fingerprint density at radius 1 is 1.42 bits per heavy atom. The standard InChI is InChI=1S/C15H14BrN3O4S/c1-9-12(19(20)21)8-18-15(14(9)16)17-7-10-2-3-13-11(6-10)4-5-24(13,22)23/h2-3,6,8H,4-5,7H2,1H3,(H,17,18). The summed E-state index contributed by atoms with van der Waals surface area (Å²) >= 11 is 3.33. The van der Waals surface area contributed by atoms with Gasteiger partial charge >= 0.3 is 0 Å². The van der Waals surface area contributed by atoms with Crippen LogP contribution in [0.25, 0.3) is 0 Å². The van der Waals surface area contributed by atoms with Crippen LogP contribution in [0.5, 0.6) is 0 Å². The number of nitrogens with one attached hydrogen (secondary N) is 1. The van der Waals surface area contributed by atoms with E-state index in [9.17, 15) is 18.5 Å². The zero-order valence-corrected chi connectivity index (χ0v) is 15.1. The van der Waals surface area contributed by atoms with Crippen molar-refractivity contribution in [3.05, 3.63) is 55.7 Å². The molecule has 0 spiro atoms. The molecule has 0 radical (unpaired) electrons. The molecular formula is C15H14BrN3O4S. The highest BCUT2D eigenvalue weighted by Crippen LogP contribution is 2.31. The smallest absolute Gasteiger partial charge is 0.291 e. The van der Waals surface area contributed by atoms with Crippen LogP contribution >= 0.6 is 15.9 Å². The van der Waals surface area contributed by atoms with Crippen LogP contribution in [-0.2, 0) is 22.8 Å². The molecule has 3 rings (SSSR count). The first-order valence-corrected chi connectivity index (χ1v) is 9.62. The summed E-state index contributed by atoms with van der Waals surface area (Å²) in [7, 11) is -3.12. The lowest BCUT2D eigenvalue weighted by Crippen LogP contribution is -2.05. The predicted octanol–water partition coefficient (Wildman–Crippen LogP) is 3.00. The van der Waals surface area contributed by atoms with E-state index in [-0.39, 0.29) is 11.4 Å². The zero-order chi connectivity index (χ0) is 17.5. The minimum atomic E-state index is -3.12. The number of pyridine rings is 1. The molecule has 9 heteroatoms. The summed E-state index contributed by atoms with van der Waals surface area (Å²) in [4.78, 5) is 14.9. The molecular weight excluding hydrogens is 398 g/mol. The molecule has 24 heavy (non-hydrogen) atoms. The summed E-state index contributed by atoms with van der Waals surface area (Å²) in [5.41, 5.74) is 2.21. The molecule has 1 aliphatic heterocycles. The van der Waals surface area contributed by atoms with Crippen LogP contribution in [0.4, 0.5) is 11.5 Å². The number of nitro groups is 1. The van der Waals surface area contributed by atoms with Gasteiger partial charge in [-0.2, -0.15) is 0 Å². The van der Waals surface area contributed by atoms with Gasteiger partial charge in [-0.15, -0.1) is 0 Å². The number of sulfone groups is 1. The van der Waals surface area contributed by atoms with Gasteiger partial charge in [0.25, 0.3) is 5.69 Å². The monoisotopic (exact) mass is 411 g/mol. The first-order chi connectivity index (χ1) is 11.3. The molecule has 2 aromatic rings. The van der Waals surface area contributed by atoms with Gasteiger partial charge < -0.3 is 5.32 Å². The molecule has 2 heterocycles. The highest BCUT2D eigenvalue weighted by Gasteiger charge is 2.26. The Morgan fingerprint density at radius 3 is 2.88 bits per heavy atom. The summed E-state index contributed by atoms with van der Waals surface area (Å²) in [6.07, 6.45) is 1.75. The molecule has 0 amide bonds. The largest absolute Gasteiger partial charge is 0.365 e. The van der Waals surface area contributed by atoms with E-state index in [1.165, 1.54) is 6.20 Å². The number of aromatic nitrogens is 1. The van der Waals surface area contributed by atoms with E-state index in [0.29, 0.717) is 33.7 Å². The molecule has 0 saturated carbocycles. The van der Waals surface area contributed by atoms with Gasteiger partial charge in [-0.3, -0.25) is 10.1 Å². The Labute approximate surface area is 147 Å². The summed E-state index contributed by atoms with van der Waals surface area (Å²) < 4.78 is 24.2. The number of hydrogen-bond acceptors (Lipinski definition) is 6. The van der Waals surface area contributed by atoms with Crippen molar-refractivity contribution in [1.82, 2.24) is 4.98 Å². The number of anilines is 1. The minimum Gasteiger partial charge on any atom is -0.365 e. The number of hydrogen-bond donors (Lipinski definition) is 1. The van der Waals surface area contributed by atoms with Gasteiger partial charge in [0, 0.05) is 12.1 Å². The van der Waals surface area contributed by atoms with Crippen LogP contribution < -0.4 is 5.32 Å². The number of rotatable bonds is 4. The second-order valence-electron chi connectivity index (χ2n) is 5.55. The van der Waals surface area contributed by atoms with Crippen molar-refractivity contribution >= 4 is 37.3 Å². The maximum Gasteiger partial charge on any atom is 0.291 e. The van der Waals surface area contributed by atoms with Crippen LogP contribution in [-0.4, -0.2) is 24.1 Å². The Kier molecular flexibility index (Phi) is 4.31. The number of fused-ring (bicyclic) bond motifs is 1. The fraction of sp³-hybridized carbons (Fsp3) is 0.267. The molecule has 126 valence electrons. The van der Waals surface area contributed by atoms with Gasteiger partial charge in [0.15, 0.2) is 9.84 Å². The molecule has 1 aliphatic rings. The molecule has 0 bridgehead atoms. The number of nitrogens with zero attached hydrogens (tertiary/aromatic N) is 2. The summed E-state index contributed by atoms with van der Waals surface area (Å²) in [5.74, 6) is 0.666. The molecule has 0 fully saturated rings. The predicted molar refractivity (Wildman–Crippen MR) is 92.9 cm³/mol. The van der Waals surface area contributed by atoms with Gasteiger partial charge in [-0.1, -0.05) is 12.1 Å². The van der Waals surface area contributed by atoms with E-state index in [1.54, 1.807) is 19.1 Å². The maximum atomic E-state index is 11.8. The Morgan fingerprint density at radius 2 is 2.17 bits per heavy atom. The lowest BCUT2D eigenvalue weighted by Gasteiger charge is -2.10. The topological polar surface area (TPSA) is 102 Å². The second-order valence-corrected chi connectivity index (χ2v) is 8.42. The molecule has 1 aromatic heterocycles. The van der Waals surface area contributed by atoms with Crippen molar-refractivity contribution in [2.24, 2.45) is 0 Å². The third kappa shape index (κ3) is 3.01. The van der Waals surface area contributed by atoms with Crippen LogP contribution in [0.15, 0.2) is 33.8 Å². The highest BCUT2D eigenvalue weighted by molar-refractivity contribution is 9.10. The van der Waals surface area contributed by atoms with Gasteiger partial charge in [0.2, 0.25) is 0 Å². The average molecular weight is 412 g/mol. The maximum absolute atomic E-state index is 11.8. The fourth-order valence-corrected chi connectivity index (χ4v) is 4.65. The molecule has 7 nitrogen and oxygen atoms in total. The van der Waals surface area contributed by atoms with E-state index < -0.39 is 14.8 Å². The van der Waals surface area contributed by atoms with E-state index >= 15 is 0 Å². The van der Waals surface area contributed by atoms with E-state index in [4.69, 9.17) is 0 Å². The van der Waals surface area contributed by atoms with Gasteiger partial charge in [-0.25, -0.2) is 13.4 Å². The normalized spacial score (nSPS) is 15.1. The van der Waals surface area contributed by atoms with Crippen LogP contribution in [0.3, 0.4) is 0 Å². The Hall–Kier alpha value is -2.00. The highest BCUT2D eigenvalue weighted by atomic mass is 79.9. The van der Waals surface area contributed by atoms with Crippen LogP contribution in [0, 0.1) is 17.0 Å². The van der Waals surface area contributed by atoms with Crippen molar-refractivity contribution in [3.8, 4) is 0 Å².